The molecule has 2 aromatic rings. The Hall–Kier alpha value is -2.40. The van der Waals surface area contributed by atoms with Crippen LogP contribution in [-0.4, -0.2) is 41.2 Å². The van der Waals surface area contributed by atoms with Crippen LogP contribution in [0.2, 0.25) is 0 Å². The molecular formula is C17H20N2O3. The van der Waals surface area contributed by atoms with Gasteiger partial charge in [-0.05, 0) is 36.2 Å². The van der Waals surface area contributed by atoms with Crippen LogP contribution in [0.4, 0.5) is 0 Å². The molecule has 116 valence electrons. The predicted molar refractivity (Wildman–Crippen MR) is 83.8 cm³/mol. The van der Waals surface area contributed by atoms with Crippen LogP contribution in [-0.2, 0) is 6.54 Å². The second kappa shape index (κ2) is 7.56. The number of hydrogen-bond donors (Lipinski definition) is 1. The number of hydrogen-bond acceptors (Lipinski definition) is 4. The minimum Gasteiger partial charge on any atom is -0.496 e. The molecule has 5 nitrogen and oxygen atoms in total. The molecule has 0 spiro atoms. The van der Waals surface area contributed by atoms with Gasteiger partial charge in [0.15, 0.2) is 0 Å². The molecule has 0 aliphatic rings. The first-order chi connectivity index (χ1) is 10.7. The summed E-state index contributed by atoms with van der Waals surface area (Å²) in [5, 5.41) is 9.22. The number of amides is 1. The number of benzene rings is 1. The van der Waals surface area contributed by atoms with E-state index in [1.807, 2.05) is 25.1 Å². The second-order valence-corrected chi connectivity index (χ2v) is 5.00. The van der Waals surface area contributed by atoms with E-state index in [0.717, 1.165) is 11.1 Å². The van der Waals surface area contributed by atoms with Crippen molar-refractivity contribution in [2.45, 2.75) is 13.5 Å². The average molecular weight is 300 g/mol. The Labute approximate surface area is 130 Å². The van der Waals surface area contributed by atoms with E-state index in [0.29, 0.717) is 17.9 Å². The third-order valence-electron chi connectivity index (χ3n) is 3.41. The van der Waals surface area contributed by atoms with Crippen LogP contribution < -0.4 is 4.74 Å². The zero-order valence-corrected chi connectivity index (χ0v) is 12.8. The molecule has 0 radical (unpaired) electrons. The molecule has 0 saturated carbocycles. The highest BCUT2D eigenvalue weighted by Crippen LogP contribution is 2.20. The number of aliphatic hydroxyl groups is 1. The van der Waals surface area contributed by atoms with Crippen molar-refractivity contribution in [1.82, 2.24) is 9.88 Å². The van der Waals surface area contributed by atoms with E-state index >= 15 is 0 Å². The number of aryl methyl sites for hydroxylation is 1. The predicted octanol–water partition coefficient (Wildman–Crippen LogP) is 2.03. The van der Waals surface area contributed by atoms with Gasteiger partial charge in [-0.2, -0.15) is 0 Å². The lowest BCUT2D eigenvalue weighted by molar-refractivity contribution is 0.0707. The molecule has 2 rings (SSSR count). The number of rotatable bonds is 6. The Morgan fingerprint density at radius 1 is 1.36 bits per heavy atom. The zero-order chi connectivity index (χ0) is 15.9. The van der Waals surface area contributed by atoms with Gasteiger partial charge in [0.1, 0.15) is 5.75 Å². The Morgan fingerprint density at radius 2 is 2.18 bits per heavy atom. The summed E-state index contributed by atoms with van der Waals surface area (Å²) in [7, 11) is 1.58. The van der Waals surface area contributed by atoms with Crippen LogP contribution in [0.15, 0.2) is 42.7 Å². The molecule has 1 N–H and O–H groups in total. The van der Waals surface area contributed by atoms with Crippen molar-refractivity contribution in [2.75, 3.05) is 20.3 Å². The fourth-order valence-electron chi connectivity index (χ4n) is 2.22. The van der Waals surface area contributed by atoms with Crippen molar-refractivity contribution in [3.63, 3.8) is 0 Å². The lowest BCUT2D eigenvalue weighted by atomic mass is 10.1. The summed E-state index contributed by atoms with van der Waals surface area (Å²) in [6.07, 6.45) is 3.40. The van der Waals surface area contributed by atoms with Gasteiger partial charge in [-0.3, -0.25) is 9.78 Å². The van der Waals surface area contributed by atoms with E-state index in [-0.39, 0.29) is 19.1 Å². The van der Waals surface area contributed by atoms with Crippen molar-refractivity contribution in [3.05, 3.63) is 59.4 Å². The van der Waals surface area contributed by atoms with Gasteiger partial charge in [0.05, 0.1) is 13.7 Å². The van der Waals surface area contributed by atoms with Crippen LogP contribution in [0, 0.1) is 6.92 Å². The molecule has 0 bridgehead atoms. The van der Waals surface area contributed by atoms with Gasteiger partial charge in [-0.15, -0.1) is 0 Å². The lowest BCUT2D eigenvalue weighted by Crippen LogP contribution is -2.33. The third-order valence-corrected chi connectivity index (χ3v) is 3.41. The smallest absolute Gasteiger partial charge is 0.254 e. The van der Waals surface area contributed by atoms with Gasteiger partial charge < -0.3 is 14.7 Å². The largest absolute Gasteiger partial charge is 0.496 e. The number of nitrogens with zero attached hydrogens (tertiary/aromatic N) is 2. The summed E-state index contributed by atoms with van der Waals surface area (Å²) < 4.78 is 5.26. The summed E-state index contributed by atoms with van der Waals surface area (Å²) in [4.78, 5) is 18.3. The summed E-state index contributed by atoms with van der Waals surface area (Å²) in [6, 6.07) is 9.08. The standard InChI is InChI=1S/C17H20N2O3/c1-13-5-6-15(10-16(13)22-2)17(21)19(8-9-20)12-14-4-3-7-18-11-14/h3-7,10-11,20H,8-9,12H2,1-2H3. The fourth-order valence-corrected chi connectivity index (χ4v) is 2.22. The van der Waals surface area contributed by atoms with Gasteiger partial charge in [0.25, 0.3) is 5.91 Å². The first kappa shape index (κ1) is 16.0. The number of carbonyl (C=O) groups excluding carboxylic acids is 1. The van der Waals surface area contributed by atoms with Crippen molar-refractivity contribution in [1.29, 1.82) is 0 Å². The van der Waals surface area contributed by atoms with Crippen molar-refractivity contribution in [3.8, 4) is 5.75 Å². The molecule has 1 amide bonds. The highest BCUT2D eigenvalue weighted by molar-refractivity contribution is 5.94. The van der Waals surface area contributed by atoms with Crippen molar-refractivity contribution < 1.29 is 14.6 Å². The molecule has 0 saturated heterocycles. The summed E-state index contributed by atoms with van der Waals surface area (Å²) in [5.41, 5.74) is 2.43. The van der Waals surface area contributed by atoms with E-state index in [1.165, 1.54) is 0 Å². The van der Waals surface area contributed by atoms with Crippen molar-refractivity contribution >= 4 is 5.91 Å². The second-order valence-electron chi connectivity index (χ2n) is 5.00. The van der Waals surface area contributed by atoms with Crippen LogP contribution in [0.1, 0.15) is 21.5 Å². The fraction of sp³-hybridized carbons (Fsp3) is 0.294. The molecular weight excluding hydrogens is 280 g/mol. The topological polar surface area (TPSA) is 62.7 Å². The quantitative estimate of drug-likeness (QED) is 0.886. The lowest BCUT2D eigenvalue weighted by Gasteiger charge is -2.22. The van der Waals surface area contributed by atoms with Crippen LogP contribution in [0.5, 0.6) is 5.75 Å². The molecule has 0 aliphatic carbocycles. The Bertz CT molecular complexity index is 629. The van der Waals surface area contributed by atoms with Crippen molar-refractivity contribution in [2.24, 2.45) is 0 Å². The van der Waals surface area contributed by atoms with Gasteiger partial charge in [0, 0.05) is 31.0 Å². The van der Waals surface area contributed by atoms with Gasteiger partial charge in [-0.25, -0.2) is 0 Å². The molecule has 22 heavy (non-hydrogen) atoms. The normalized spacial score (nSPS) is 10.3. The first-order valence-electron chi connectivity index (χ1n) is 7.09. The Balaban J connectivity index is 2.22. The third kappa shape index (κ3) is 3.83. The van der Waals surface area contributed by atoms with E-state index in [9.17, 15) is 9.90 Å². The molecule has 5 heteroatoms. The summed E-state index contributed by atoms with van der Waals surface area (Å²) >= 11 is 0. The molecule has 1 heterocycles. The minimum atomic E-state index is -0.142. The number of pyridine rings is 1. The summed E-state index contributed by atoms with van der Waals surface area (Å²) in [6.45, 7) is 2.51. The molecule has 0 unspecified atom stereocenters. The molecule has 1 aromatic heterocycles. The van der Waals surface area contributed by atoms with Gasteiger partial charge >= 0.3 is 0 Å². The van der Waals surface area contributed by atoms with Gasteiger partial charge in [-0.1, -0.05) is 12.1 Å². The monoisotopic (exact) mass is 300 g/mol. The Morgan fingerprint density at radius 3 is 2.82 bits per heavy atom. The minimum absolute atomic E-state index is 0.0883. The van der Waals surface area contributed by atoms with E-state index in [2.05, 4.69) is 4.98 Å². The van der Waals surface area contributed by atoms with Crippen LogP contribution in [0.3, 0.4) is 0 Å². The summed E-state index contributed by atoms with van der Waals surface area (Å²) in [5.74, 6) is 0.535. The van der Waals surface area contributed by atoms with Gasteiger partial charge in [0.2, 0.25) is 0 Å². The van der Waals surface area contributed by atoms with E-state index in [4.69, 9.17) is 4.74 Å². The molecule has 0 fully saturated rings. The SMILES string of the molecule is COc1cc(C(=O)N(CCO)Cc2cccnc2)ccc1C. The maximum absolute atomic E-state index is 12.7. The maximum Gasteiger partial charge on any atom is 0.254 e. The van der Waals surface area contributed by atoms with Crippen LogP contribution >= 0.6 is 0 Å². The highest BCUT2D eigenvalue weighted by Gasteiger charge is 2.17. The van der Waals surface area contributed by atoms with E-state index in [1.54, 1.807) is 36.5 Å². The van der Waals surface area contributed by atoms with E-state index < -0.39 is 0 Å². The number of ether oxygens (including phenoxy) is 1. The maximum atomic E-state index is 12.7. The molecule has 1 aromatic carbocycles. The molecule has 0 atom stereocenters. The number of aromatic nitrogens is 1. The average Bonchev–Trinajstić information content (AvgIpc) is 2.55. The first-order valence-corrected chi connectivity index (χ1v) is 7.09. The molecule has 0 aliphatic heterocycles. The number of methoxy groups -OCH3 is 1. The zero-order valence-electron chi connectivity index (χ0n) is 12.8. The number of aliphatic hydroxyl groups excluding tert-OH is 1. The number of carbonyl (C=O) groups is 1. The van der Waals surface area contributed by atoms with Crippen LogP contribution in [0.25, 0.3) is 0 Å². The Kier molecular flexibility index (Phi) is 5.49. The highest BCUT2D eigenvalue weighted by atomic mass is 16.5.